The number of amides is 2. The molecule has 0 unspecified atom stereocenters. The van der Waals surface area contributed by atoms with Crippen LogP contribution in [0.4, 0.5) is 5.69 Å². The summed E-state index contributed by atoms with van der Waals surface area (Å²) in [5.41, 5.74) is 0.191. The number of nitrogens with one attached hydrogen (secondary N) is 2. The van der Waals surface area contributed by atoms with Gasteiger partial charge in [-0.2, -0.15) is 0 Å². The molecule has 206 valence electrons. The Morgan fingerprint density at radius 3 is 2.36 bits per heavy atom. The van der Waals surface area contributed by atoms with Crippen LogP contribution in [-0.2, 0) is 14.8 Å². The van der Waals surface area contributed by atoms with Crippen LogP contribution in [0.25, 0.3) is 0 Å². The van der Waals surface area contributed by atoms with Crippen LogP contribution in [0.5, 0.6) is 11.5 Å². The Balaban J connectivity index is 1.47. The molecule has 1 fully saturated rings. The summed E-state index contributed by atoms with van der Waals surface area (Å²) in [6.45, 7) is 0.682. The average Bonchev–Trinajstić information content (AvgIpc) is 2.94. The molecule has 12 heteroatoms. The average molecular weight is 593 g/mol. The molecule has 0 saturated carbocycles. The van der Waals surface area contributed by atoms with Gasteiger partial charge in [-0.25, -0.2) is 8.42 Å². The molecule has 0 bridgehead atoms. The van der Waals surface area contributed by atoms with Gasteiger partial charge in [-0.1, -0.05) is 35.3 Å². The van der Waals surface area contributed by atoms with Gasteiger partial charge in [0.1, 0.15) is 11.5 Å². The number of hydrogen-bond acceptors (Lipinski definition) is 6. The van der Waals surface area contributed by atoms with Gasteiger partial charge in [0, 0.05) is 30.6 Å². The van der Waals surface area contributed by atoms with E-state index in [-0.39, 0.29) is 46.1 Å². The summed E-state index contributed by atoms with van der Waals surface area (Å²) in [7, 11) is -4.06. The number of anilines is 1. The van der Waals surface area contributed by atoms with Gasteiger partial charge in [0.05, 0.1) is 27.8 Å². The lowest BCUT2D eigenvalue weighted by Gasteiger charge is -2.32. The van der Waals surface area contributed by atoms with E-state index >= 15 is 0 Å². The number of carbonyl (C=O) groups excluding carboxylic acids is 2. The second-order valence-electron chi connectivity index (χ2n) is 8.88. The van der Waals surface area contributed by atoms with E-state index in [1.165, 1.54) is 42.5 Å². The number of para-hydroxylation sites is 1. The molecule has 1 saturated heterocycles. The third kappa shape index (κ3) is 7.21. The maximum atomic E-state index is 13.4. The summed E-state index contributed by atoms with van der Waals surface area (Å²) in [5, 5.41) is 12.2. The standard InChI is InChI=1S/C27H27Cl2N3O6S/c28-19-5-10-24(22(17-19)27(35)32-14-11-18(12-15-32)26(34)30-13-16-33)31-39(36,37)21-8-6-20(7-9-21)38-25-4-2-1-3-23(25)29/h1-10,17-18,31,33H,11-16H2,(H,30,34). The van der Waals surface area contributed by atoms with Crippen LogP contribution < -0.4 is 14.8 Å². The van der Waals surface area contributed by atoms with E-state index in [0.29, 0.717) is 42.5 Å². The third-order valence-corrected chi connectivity index (χ3v) is 8.15. The molecule has 39 heavy (non-hydrogen) atoms. The first-order valence-electron chi connectivity index (χ1n) is 12.2. The number of aliphatic hydroxyl groups is 1. The minimum Gasteiger partial charge on any atom is -0.456 e. The van der Waals surface area contributed by atoms with Crippen molar-refractivity contribution in [2.45, 2.75) is 17.7 Å². The highest BCUT2D eigenvalue weighted by atomic mass is 35.5. The van der Waals surface area contributed by atoms with Crippen molar-refractivity contribution in [1.82, 2.24) is 10.2 Å². The van der Waals surface area contributed by atoms with Crippen molar-refractivity contribution in [2.24, 2.45) is 5.92 Å². The van der Waals surface area contributed by atoms with Crippen LogP contribution >= 0.6 is 23.2 Å². The van der Waals surface area contributed by atoms with Crippen LogP contribution in [-0.4, -0.2) is 56.5 Å². The van der Waals surface area contributed by atoms with Crippen LogP contribution in [0.2, 0.25) is 10.0 Å². The Bertz CT molecular complexity index is 1440. The number of aliphatic hydroxyl groups excluding tert-OH is 1. The second-order valence-corrected chi connectivity index (χ2v) is 11.4. The highest BCUT2D eigenvalue weighted by Gasteiger charge is 2.29. The summed E-state index contributed by atoms with van der Waals surface area (Å²) in [5.74, 6) is 0.0243. The van der Waals surface area contributed by atoms with E-state index in [2.05, 4.69) is 10.0 Å². The maximum absolute atomic E-state index is 13.4. The Kier molecular flexibility index (Phi) is 9.34. The number of halogens is 2. The highest BCUT2D eigenvalue weighted by molar-refractivity contribution is 7.92. The summed E-state index contributed by atoms with van der Waals surface area (Å²) in [6.07, 6.45) is 0.903. The molecule has 1 aliphatic heterocycles. The topological polar surface area (TPSA) is 125 Å². The number of ether oxygens (including phenoxy) is 1. The maximum Gasteiger partial charge on any atom is 0.261 e. The molecule has 0 atom stereocenters. The van der Waals surface area contributed by atoms with Gasteiger partial charge in [-0.3, -0.25) is 14.3 Å². The number of benzene rings is 3. The lowest BCUT2D eigenvalue weighted by molar-refractivity contribution is -0.126. The Hall–Kier alpha value is -3.31. The molecule has 9 nitrogen and oxygen atoms in total. The number of sulfonamides is 1. The zero-order valence-corrected chi connectivity index (χ0v) is 23.1. The summed E-state index contributed by atoms with van der Waals surface area (Å²) >= 11 is 12.3. The molecule has 1 aliphatic rings. The quantitative estimate of drug-likeness (QED) is 0.335. The molecule has 4 rings (SSSR count). The lowest BCUT2D eigenvalue weighted by atomic mass is 9.95. The molecule has 1 heterocycles. The Labute approximate surface area is 236 Å². The van der Waals surface area contributed by atoms with Crippen molar-refractivity contribution in [3.8, 4) is 11.5 Å². The van der Waals surface area contributed by atoms with Gasteiger partial charge in [-0.15, -0.1) is 0 Å². The normalized spacial score (nSPS) is 14.1. The molecule has 0 radical (unpaired) electrons. The number of rotatable bonds is 9. The van der Waals surface area contributed by atoms with Gasteiger partial charge in [0.25, 0.3) is 15.9 Å². The predicted octanol–water partition coefficient (Wildman–Crippen LogP) is 4.55. The molecule has 3 N–H and O–H groups in total. The van der Waals surface area contributed by atoms with Crippen molar-refractivity contribution >= 4 is 50.7 Å². The monoisotopic (exact) mass is 591 g/mol. The van der Waals surface area contributed by atoms with Gasteiger partial charge in [-0.05, 0) is 67.4 Å². The largest absolute Gasteiger partial charge is 0.456 e. The van der Waals surface area contributed by atoms with E-state index in [9.17, 15) is 18.0 Å². The Morgan fingerprint density at radius 2 is 1.69 bits per heavy atom. The molecule has 0 spiro atoms. The van der Waals surface area contributed by atoms with E-state index in [4.69, 9.17) is 33.0 Å². The van der Waals surface area contributed by atoms with E-state index in [0.717, 1.165) is 0 Å². The molecule has 3 aromatic carbocycles. The van der Waals surface area contributed by atoms with Crippen LogP contribution in [0.15, 0.2) is 71.6 Å². The van der Waals surface area contributed by atoms with Gasteiger partial charge in [0.15, 0.2) is 0 Å². The van der Waals surface area contributed by atoms with Gasteiger partial charge >= 0.3 is 0 Å². The van der Waals surface area contributed by atoms with Crippen molar-refractivity contribution in [2.75, 3.05) is 31.0 Å². The Morgan fingerprint density at radius 1 is 1.00 bits per heavy atom. The summed E-state index contributed by atoms with van der Waals surface area (Å²) < 4.78 is 34.6. The van der Waals surface area contributed by atoms with Crippen molar-refractivity contribution in [3.05, 3.63) is 82.3 Å². The van der Waals surface area contributed by atoms with Crippen LogP contribution in [0, 0.1) is 5.92 Å². The first-order chi connectivity index (χ1) is 18.7. The lowest BCUT2D eigenvalue weighted by Crippen LogP contribution is -2.43. The number of nitrogens with zero attached hydrogens (tertiary/aromatic N) is 1. The fourth-order valence-electron chi connectivity index (χ4n) is 4.17. The molecular weight excluding hydrogens is 565 g/mol. The molecule has 0 aliphatic carbocycles. The van der Waals surface area contributed by atoms with E-state index in [1.54, 1.807) is 29.2 Å². The first kappa shape index (κ1) is 28.7. The van der Waals surface area contributed by atoms with E-state index in [1.807, 2.05) is 0 Å². The van der Waals surface area contributed by atoms with Crippen molar-refractivity contribution in [1.29, 1.82) is 0 Å². The predicted molar refractivity (Wildman–Crippen MR) is 149 cm³/mol. The van der Waals surface area contributed by atoms with Crippen molar-refractivity contribution < 1.29 is 27.9 Å². The zero-order chi connectivity index (χ0) is 28.0. The number of carbonyl (C=O) groups is 2. The molecule has 0 aromatic heterocycles. The smallest absolute Gasteiger partial charge is 0.261 e. The number of likely N-dealkylation sites (tertiary alicyclic amines) is 1. The fourth-order valence-corrected chi connectivity index (χ4v) is 5.59. The number of hydrogen-bond donors (Lipinski definition) is 3. The first-order valence-corrected chi connectivity index (χ1v) is 14.4. The zero-order valence-electron chi connectivity index (χ0n) is 20.8. The molecular formula is C27H27Cl2N3O6S. The second kappa shape index (κ2) is 12.7. The minimum atomic E-state index is -4.06. The van der Waals surface area contributed by atoms with Crippen molar-refractivity contribution in [3.63, 3.8) is 0 Å². The molecule has 3 aromatic rings. The highest BCUT2D eigenvalue weighted by Crippen LogP contribution is 2.31. The SMILES string of the molecule is O=C(NCCO)C1CCN(C(=O)c2cc(Cl)ccc2NS(=O)(=O)c2ccc(Oc3ccccc3Cl)cc2)CC1. The van der Waals surface area contributed by atoms with Gasteiger partial charge < -0.3 is 20.1 Å². The summed E-state index contributed by atoms with van der Waals surface area (Å²) in [6, 6.07) is 17.1. The minimum absolute atomic E-state index is 0.0305. The van der Waals surface area contributed by atoms with E-state index < -0.39 is 15.9 Å². The third-order valence-electron chi connectivity index (χ3n) is 6.22. The molecule has 2 amide bonds. The van der Waals surface area contributed by atoms with Gasteiger partial charge in [0.2, 0.25) is 5.91 Å². The van der Waals surface area contributed by atoms with Crippen LogP contribution in [0.3, 0.4) is 0 Å². The number of piperidine rings is 1. The summed E-state index contributed by atoms with van der Waals surface area (Å²) in [4.78, 5) is 27.1. The fraction of sp³-hybridized carbons (Fsp3) is 0.259. The van der Waals surface area contributed by atoms with Crippen LogP contribution in [0.1, 0.15) is 23.2 Å².